The molecule has 1 aromatic carbocycles. The minimum atomic E-state index is -1.24. The fourth-order valence-electron chi connectivity index (χ4n) is 2.78. The quantitative estimate of drug-likeness (QED) is 0.795. The van der Waals surface area contributed by atoms with E-state index in [2.05, 4.69) is 4.98 Å². The molecule has 1 fully saturated rings. The molecule has 100 valence electrons. The number of fused-ring (bicyclic) bond motifs is 1. The summed E-state index contributed by atoms with van der Waals surface area (Å²) in [5, 5.41) is -0.265. The molecular formula is C14H13F3N2. The van der Waals surface area contributed by atoms with Gasteiger partial charge in [0.05, 0.1) is 5.39 Å². The number of halogens is 3. The first-order valence-corrected chi connectivity index (χ1v) is 6.31. The molecule has 0 radical (unpaired) electrons. The van der Waals surface area contributed by atoms with E-state index in [9.17, 15) is 13.2 Å². The van der Waals surface area contributed by atoms with Gasteiger partial charge < -0.3 is 5.73 Å². The Balaban J connectivity index is 2.25. The Morgan fingerprint density at radius 1 is 1.05 bits per heavy atom. The van der Waals surface area contributed by atoms with Crippen LogP contribution in [-0.2, 0) is 0 Å². The molecule has 0 bridgehead atoms. The zero-order valence-electron chi connectivity index (χ0n) is 10.2. The van der Waals surface area contributed by atoms with Crippen molar-refractivity contribution in [1.82, 2.24) is 4.98 Å². The van der Waals surface area contributed by atoms with Crippen molar-refractivity contribution in [3.8, 4) is 0 Å². The van der Waals surface area contributed by atoms with Gasteiger partial charge in [0, 0.05) is 23.4 Å². The minimum absolute atomic E-state index is 0.0443. The predicted octanol–water partition coefficient (Wildman–Crippen LogP) is 3.89. The monoisotopic (exact) mass is 266 g/mol. The molecule has 0 saturated heterocycles. The second kappa shape index (κ2) is 4.40. The first-order valence-electron chi connectivity index (χ1n) is 6.31. The molecule has 0 aliphatic heterocycles. The average molecular weight is 266 g/mol. The third-order valence-electron chi connectivity index (χ3n) is 3.75. The number of benzene rings is 1. The van der Waals surface area contributed by atoms with Crippen molar-refractivity contribution >= 4 is 16.6 Å². The standard InChI is InChI=1S/C14H13F3N2/c15-8-5-9(16)14-12(13(8)17)10(18)6-11(19-14)7-3-1-2-4-7/h5-7H,1-4H2,(H2,18,19). The molecule has 1 aromatic heterocycles. The van der Waals surface area contributed by atoms with Crippen LogP contribution in [0.1, 0.15) is 37.3 Å². The van der Waals surface area contributed by atoms with Crippen LogP contribution in [0.3, 0.4) is 0 Å². The maximum atomic E-state index is 13.7. The summed E-state index contributed by atoms with van der Waals surface area (Å²) >= 11 is 0. The molecule has 0 amide bonds. The zero-order valence-corrected chi connectivity index (χ0v) is 10.2. The zero-order chi connectivity index (χ0) is 13.6. The van der Waals surface area contributed by atoms with Crippen LogP contribution in [0.25, 0.3) is 10.9 Å². The van der Waals surface area contributed by atoms with E-state index in [0.29, 0.717) is 11.8 Å². The molecule has 0 unspecified atom stereocenters. The van der Waals surface area contributed by atoms with Gasteiger partial charge in [-0.3, -0.25) is 0 Å². The van der Waals surface area contributed by atoms with Crippen molar-refractivity contribution in [2.75, 3.05) is 5.73 Å². The van der Waals surface area contributed by atoms with Crippen LogP contribution in [0, 0.1) is 17.5 Å². The van der Waals surface area contributed by atoms with Crippen LogP contribution >= 0.6 is 0 Å². The van der Waals surface area contributed by atoms with Gasteiger partial charge in [0.25, 0.3) is 0 Å². The lowest BCUT2D eigenvalue weighted by atomic mass is 10.0. The van der Waals surface area contributed by atoms with E-state index < -0.39 is 17.5 Å². The average Bonchev–Trinajstić information content (AvgIpc) is 2.89. The second-order valence-electron chi connectivity index (χ2n) is 5.00. The highest BCUT2D eigenvalue weighted by Gasteiger charge is 2.22. The molecule has 3 rings (SSSR count). The van der Waals surface area contributed by atoms with Crippen LogP contribution in [0.2, 0.25) is 0 Å². The molecule has 1 aliphatic carbocycles. The molecule has 2 nitrogen and oxygen atoms in total. The van der Waals surface area contributed by atoms with Crippen LogP contribution in [0.15, 0.2) is 12.1 Å². The van der Waals surface area contributed by atoms with Gasteiger partial charge in [-0.15, -0.1) is 0 Å². The lowest BCUT2D eigenvalue weighted by Crippen LogP contribution is -2.03. The topological polar surface area (TPSA) is 38.9 Å². The van der Waals surface area contributed by atoms with Crippen molar-refractivity contribution in [2.24, 2.45) is 0 Å². The molecule has 5 heteroatoms. The lowest BCUT2D eigenvalue weighted by Gasteiger charge is -2.12. The van der Waals surface area contributed by atoms with E-state index in [1.54, 1.807) is 6.07 Å². The summed E-state index contributed by atoms with van der Waals surface area (Å²) < 4.78 is 40.6. The highest BCUT2D eigenvalue weighted by atomic mass is 19.2. The first-order chi connectivity index (χ1) is 9.08. The molecule has 2 N–H and O–H groups in total. The molecule has 0 spiro atoms. The van der Waals surface area contributed by atoms with Gasteiger partial charge in [0.2, 0.25) is 0 Å². The number of aromatic nitrogens is 1. The van der Waals surface area contributed by atoms with E-state index in [4.69, 9.17) is 5.73 Å². The number of pyridine rings is 1. The molecule has 1 aliphatic rings. The summed E-state index contributed by atoms with van der Waals surface area (Å²) in [6, 6.07) is 2.06. The van der Waals surface area contributed by atoms with E-state index in [-0.39, 0.29) is 22.5 Å². The minimum Gasteiger partial charge on any atom is -0.398 e. The Bertz CT molecular complexity index is 649. The molecule has 0 atom stereocenters. The number of nitrogen functional groups attached to an aromatic ring is 1. The Hall–Kier alpha value is -1.78. The largest absolute Gasteiger partial charge is 0.398 e. The number of nitrogens with zero attached hydrogens (tertiary/aromatic N) is 1. The van der Waals surface area contributed by atoms with Gasteiger partial charge in [-0.1, -0.05) is 12.8 Å². The Morgan fingerprint density at radius 2 is 1.74 bits per heavy atom. The molecule has 1 heterocycles. The number of hydrogen-bond acceptors (Lipinski definition) is 2. The Kier molecular flexibility index (Phi) is 2.84. The maximum absolute atomic E-state index is 13.7. The summed E-state index contributed by atoms with van der Waals surface area (Å²) in [4.78, 5) is 4.16. The van der Waals surface area contributed by atoms with Crippen LogP contribution in [-0.4, -0.2) is 4.98 Å². The SMILES string of the molecule is Nc1cc(C2CCCC2)nc2c(F)cc(F)c(F)c12. The number of hydrogen-bond donors (Lipinski definition) is 1. The molecule has 2 aromatic rings. The lowest BCUT2D eigenvalue weighted by molar-refractivity contribution is 0.505. The van der Waals surface area contributed by atoms with E-state index >= 15 is 0 Å². The third kappa shape index (κ3) is 1.93. The van der Waals surface area contributed by atoms with Crippen molar-refractivity contribution in [3.63, 3.8) is 0 Å². The van der Waals surface area contributed by atoms with Crippen LogP contribution in [0.4, 0.5) is 18.9 Å². The fraction of sp³-hybridized carbons (Fsp3) is 0.357. The molecule has 1 saturated carbocycles. The second-order valence-corrected chi connectivity index (χ2v) is 5.00. The predicted molar refractivity (Wildman–Crippen MR) is 67.2 cm³/mol. The summed E-state index contributed by atoms with van der Waals surface area (Å²) in [5.41, 5.74) is 6.29. The van der Waals surface area contributed by atoms with Gasteiger partial charge in [-0.25, -0.2) is 18.2 Å². The summed E-state index contributed by atoms with van der Waals surface area (Å²) in [6.07, 6.45) is 4.15. The highest BCUT2D eigenvalue weighted by molar-refractivity contribution is 5.91. The number of rotatable bonds is 1. The van der Waals surface area contributed by atoms with Crippen molar-refractivity contribution in [3.05, 3.63) is 35.3 Å². The highest BCUT2D eigenvalue weighted by Crippen LogP contribution is 2.36. The van der Waals surface area contributed by atoms with E-state index in [1.165, 1.54) is 0 Å². The van der Waals surface area contributed by atoms with Gasteiger partial charge in [0.15, 0.2) is 17.5 Å². The number of nitrogens with two attached hydrogens (primary N) is 1. The van der Waals surface area contributed by atoms with Gasteiger partial charge >= 0.3 is 0 Å². The fourth-order valence-corrected chi connectivity index (χ4v) is 2.78. The summed E-state index contributed by atoms with van der Waals surface area (Å²) in [7, 11) is 0. The Morgan fingerprint density at radius 3 is 2.42 bits per heavy atom. The van der Waals surface area contributed by atoms with Gasteiger partial charge in [-0.05, 0) is 18.9 Å². The summed E-state index contributed by atoms with van der Waals surface area (Å²) in [5.74, 6) is -3.02. The van der Waals surface area contributed by atoms with Crippen LogP contribution < -0.4 is 5.73 Å². The maximum Gasteiger partial charge on any atom is 0.170 e. The third-order valence-corrected chi connectivity index (χ3v) is 3.75. The molecular weight excluding hydrogens is 253 g/mol. The van der Waals surface area contributed by atoms with E-state index in [0.717, 1.165) is 25.7 Å². The normalized spacial score (nSPS) is 16.4. The van der Waals surface area contributed by atoms with Crippen molar-refractivity contribution in [1.29, 1.82) is 0 Å². The van der Waals surface area contributed by atoms with Crippen molar-refractivity contribution < 1.29 is 13.2 Å². The van der Waals surface area contributed by atoms with Crippen molar-refractivity contribution in [2.45, 2.75) is 31.6 Å². The van der Waals surface area contributed by atoms with E-state index in [1.807, 2.05) is 0 Å². The Labute approximate surface area is 108 Å². The van der Waals surface area contributed by atoms with Gasteiger partial charge in [-0.2, -0.15) is 0 Å². The summed E-state index contributed by atoms with van der Waals surface area (Å²) in [6.45, 7) is 0. The smallest absolute Gasteiger partial charge is 0.170 e. The van der Waals surface area contributed by atoms with Crippen LogP contribution in [0.5, 0.6) is 0 Å². The number of anilines is 1. The van der Waals surface area contributed by atoms with Gasteiger partial charge in [0.1, 0.15) is 5.52 Å². The molecule has 19 heavy (non-hydrogen) atoms. The first kappa shape index (κ1) is 12.3.